The molecular formula is C25H31Cl2F6N3O2. The first kappa shape index (κ1) is 34.0. The average Bonchev–Trinajstić information content (AvgIpc) is 2.83. The van der Waals surface area contributed by atoms with Gasteiger partial charge in [0.05, 0.1) is 17.7 Å². The quantitative estimate of drug-likeness (QED) is 0.444. The first-order chi connectivity index (χ1) is 16.9. The summed E-state index contributed by atoms with van der Waals surface area (Å²) in [5.41, 5.74) is -2.14. The molecule has 0 radical (unpaired) electrons. The summed E-state index contributed by atoms with van der Waals surface area (Å²) in [5.74, 6) is -0.292. The summed E-state index contributed by atoms with van der Waals surface area (Å²) < 4.78 is 79.1. The summed E-state index contributed by atoms with van der Waals surface area (Å²) in [4.78, 5) is 18.9. The lowest BCUT2D eigenvalue weighted by atomic mass is 10.0. The number of β-amino-alcohol motifs (C(OH)–C–C–N with tert-alkyl or cyclic N) is 1. The highest BCUT2D eigenvalue weighted by molar-refractivity contribution is 5.85. The minimum absolute atomic E-state index is 0. The lowest BCUT2D eigenvalue weighted by Gasteiger charge is -2.39. The number of aliphatic hydroxyl groups is 1. The van der Waals surface area contributed by atoms with Crippen molar-refractivity contribution in [2.24, 2.45) is 0 Å². The Labute approximate surface area is 230 Å². The maximum Gasteiger partial charge on any atom is 0.416 e. The highest BCUT2D eigenvalue weighted by Gasteiger charge is 2.37. The molecule has 1 N–H and O–H groups in total. The van der Waals surface area contributed by atoms with Crippen LogP contribution in [0.15, 0.2) is 48.5 Å². The monoisotopic (exact) mass is 589 g/mol. The average molecular weight is 590 g/mol. The Morgan fingerprint density at radius 2 is 1.45 bits per heavy atom. The Kier molecular flexibility index (Phi) is 12.8. The number of likely N-dealkylation sites (N-methyl/N-ethyl adjacent to an activating group) is 1. The second-order valence-corrected chi connectivity index (χ2v) is 8.84. The van der Waals surface area contributed by atoms with Gasteiger partial charge < -0.3 is 10.0 Å². The van der Waals surface area contributed by atoms with Crippen LogP contribution in [0.25, 0.3) is 0 Å². The molecule has 2 aromatic rings. The van der Waals surface area contributed by atoms with Gasteiger partial charge in [0.25, 0.3) is 0 Å². The fraction of sp³-hybridized carbons (Fsp3) is 0.480. The highest BCUT2D eigenvalue weighted by atomic mass is 35.5. The molecule has 3 rings (SSSR count). The second-order valence-electron chi connectivity index (χ2n) is 8.84. The van der Waals surface area contributed by atoms with Gasteiger partial charge in [0.1, 0.15) is 6.04 Å². The van der Waals surface area contributed by atoms with Gasteiger partial charge in [-0.15, -0.1) is 24.8 Å². The molecule has 5 nitrogen and oxygen atoms in total. The number of aliphatic hydroxyl groups excluding tert-OH is 1. The summed E-state index contributed by atoms with van der Waals surface area (Å²) >= 11 is 0. The van der Waals surface area contributed by atoms with Crippen LogP contribution in [0, 0.1) is 0 Å². The molecule has 0 saturated carbocycles. The second kappa shape index (κ2) is 14.4. The summed E-state index contributed by atoms with van der Waals surface area (Å²) in [6, 6.07) is 9.92. The SMILES string of the molecule is CN(CCc1cc(C(F)(F)F)cc(C(F)(F)F)c1)C(=O)C(c1ccccc1)N1CCN(CCO)CC1.Cl.Cl. The summed E-state index contributed by atoms with van der Waals surface area (Å²) in [6.07, 6.45) is -10.0. The van der Waals surface area contributed by atoms with Crippen molar-refractivity contribution in [1.29, 1.82) is 0 Å². The fourth-order valence-corrected chi connectivity index (χ4v) is 4.31. The number of carbonyl (C=O) groups excluding carboxylic acids is 1. The van der Waals surface area contributed by atoms with E-state index in [9.17, 15) is 31.1 Å². The van der Waals surface area contributed by atoms with Crippen LogP contribution in [-0.4, -0.2) is 78.6 Å². The van der Waals surface area contributed by atoms with E-state index in [0.29, 0.717) is 44.9 Å². The lowest BCUT2D eigenvalue weighted by Crippen LogP contribution is -2.51. The van der Waals surface area contributed by atoms with Crippen molar-refractivity contribution in [3.05, 3.63) is 70.8 Å². The van der Waals surface area contributed by atoms with Gasteiger partial charge in [-0.1, -0.05) is 30.3 Å². The molecule has 214 valence electrons. The van der Waals surface area contributed by atoms with Crippen LogP contribution < -0.4 is 0 Å². The Morgan fingerprint density at radius 1 is 0.921 bits per heavy atom. The number of hydrogen-bond acceptors (Lipinski definition) is 4. The van der Waals surface area contributed by atoms with Crippen LogP contribution in [0.5, 0.6) is 0 Å². The van der Waals surface area contributed by atoms with Crippen molar-refractivity contribution >= 4 is 30.7 Å². The van der Waals surface area contributed by atoms with Crippen LogP contribution in [-0.2, 0) is 23.6 Å². The van der Waals surface area contributed by atoms with Crippen LogP contribution in [0.4, 0.5) is 26.3 Å². The van der Waals surface area contributed by atoms with Crippen LogP contribution in [0.2, 0.25) is 0 Å². The normalized spacial score (nSPS) is 15.8. The zero-order chi connectivity index (χ0) is 26.5. The number of halogens is 8. The molecule has 1 amide bonds. The first-order valence-electron chi connectivity index (χ1n) is 11.6. The molecule has 38 heavy (non-hydrogen) atoms. The van der Waals surface area contributed by atoms with Crippen molar-refractivity contribution in [3.8, 4) is 0 Å². The smallest absolute Gasteiger partial charge is 0.395 e. The van der Waals surface area contributed by atoms with E-state index < -0.39 is 29.5 Å². The van der Waals surface area contributed by atoms with Crippen molar-refractivity contribution in [2.75, 3.05) is 52.9 Å². The number of alkyl halides is 6. The number of rotatable bonds is 8. The maximum atomic E-state index is 13.5. The Bertz CT molecular complexity index is 984. The van der Waals surface area contributed by atoms with Gasteiger partial charge in [0, 0.05) is 46.3 Å². The van der Waals surface area contributed by atoms with E-state index in [1.807, 2.05) is 23.1 Å². The van der Waals surface area contributed by atoms with Crippen molar-refractivity contribution in [1.82, 2.24) is 14.7 Å². The van der Waals surface area contributed by atoms with Gasteiger partial charge in [0.15, 0.2) is 0 Å². The highest BCUT2D eigenvalue weighted by Crippen LogP contribution is 2.36. The number of benzene rings is 2. The van der Waals surface area contributed by atoms with Crippen molar-refractivity contribution in [2.45, 2.75) is 24.8 Å². The number of hydrogen-bond donors (Lipinski definition) is 1. The molecule has 1 fully saturated rings. The molecule has 1 aliphatic rings. The molecule has 0 aromatic heterocycles. The molecule has 1 unspecified atom stereocenters. The molecule has 13 heteroatoms. The van der Waals surface area contributed by atoms with Crippen LogP contribution in [0.1, 0.15) is 28.3 Å². The maximum absolute atomic E-state index is 13.5. The van der Waals surface area contributed by atoms with E-state index in [1.165, 1.54) is 11.9 Å². The fourth-order valence-electron chi connectivity index (χ4n) is 4.31. The molecule has 1 aliphatic heterocycles. The van der Waals surface area contributed by atoms with Gasteiger partial charge in [-0.2, -0.15) is 26.3 Å². The number of amides is 1. The third-order valence-corrected chi connectivity index (χ3v) is 6.30. The van der Waals surface area contributed by atoms with E-state index in [1.54, 1.807) is 12.1 Å². The molecule has 1 saturated heterocycles. The number of piperazine rings is 1. The number of nitrogens with zero attached hydrogens (tertiary/aromatic N) is 3. The Morgan fingerprint density at radius 3 is 1.92 bits per heavy atom. The third-order valence-electron chi connectivity index (χ3n) is 6.30. The molecule has 0 bridgehead atoms. The third kappa shape index (κ3) is 9.01. The Balaban J connectivity index is 0.00000361. The van der Waals surface area contributed by atoms with E-state index in [-0.39, 0.29) is 61.9 Å². The summed E-state index contributed by atoms with van der Waals surface area (Å²) in [6.45, 7) is 2.98. The standard InChI is InChI=1S/C25H29F6N3O2.2ClH/c1-32(8-7-18-15-20(24(26,27)28)17-21(16-18)25(29,30)31)23(36)22(19-5-3-2-4-6-19)34-11-9-33(10-12-34)13-14-35;;/h2-6,15-17,22,35H,7-14H2,1H3;2*1H. The molecule has 0 aliphatic carbocycles. The number of carbonyl (C=O) groups is 1. The van der Waals surface area contributed by atoms with Crippen LogP contribution >= 0.6 is 24.8 Å². The van der Waals surface area contributed by atoms with Crippen molar-refractivity contribution < 1.29 is 36.2 Å². The topological polar surface area (TPSA) is 47.0 Å². The molecule has 0 spiro atoms. The van der Waals surface area contributed by atoms with Crippen molar-refractivity contribution in [3.63, 3.8) is 0 Å². The van der Waals surface area contributed by atoms with Gasteiger partial charge in [-0.05, 0) is 35.7 Å². The minimum Gasteiger partial charge on any atom is -0.395 e. The van der Waals surface area contributed by atoms with Gasteiger partial charge in [-0.3, -0.25) is 14.6 Å². The van der Waals surface area contributed by atoms with E-state index in [2.05, 4.69) is 4.90 Å². The predicted molar refractivity (Wildman–Crippen MR) is 137 cm³/mol. The molecule has 1 atom stereocenters. The zero-order valence-corrected chi connectivity index (χ0v) is 22.3. The lowest BCUT2D eigenvalue weighted by molar-refractivity contribution is -0.143. The largest absolute Gasteiger partial charge is 0.416 e. The van der Waals surface area contributed by atoms with E-state index in [4.69, 9.17) is 5.11 Å². The van der Waals surface area contributed by atoms with E-state index in [0.717, 1.165) is 5.56 Å². The predicted octanol–water partition coefficient (Wildman–Crippen LogP) is 4.92. The molecular weight excluding hydrogens is 559 g/mol. The minimum atomic E-state index is -4.92. The Hall–Kier alpha value is -2.05. The van der Waals surface area contributed by atoms with Gasteiger partial charge in [-0.25, -0.2) is 0 Å². The first-order valence-corrected chi connectivity index (χ1v) is 11.6. The molecule has 1 heterocycles. The van der Waals surface area contributed by atoms with E-state index >= 15 is 0 Å². The van der Waals surface area contributed by atoms with Gasteiger partial charge >= 0.3 is 12.4 Å². The van der Waals surface area contributed by atoms with Crippen LogP contribution in [0.3, 0.4) is 0 Å². The zero-order valence-electron chi connectivity index (χ0n) is 20.6. The summed E-state index contributed by atoms with van der Waals surface area (Å²) in [7, 11) is 1.50. The summed E-state index contributed by atoms with van der Waals surface area (Å²) in [5, 5.41) is 9.17. The van der Waals surface area contributed by atoms with Gasteiger partial charge in [0.2, 0.25) is 5.91 Å². The molecule has 2 aromatic carbocycles.